The molecule has 1 aromatic heterocycles. The highest BCUT2D eigenvalue weighted by atomic mass is 127. The number of rotatable bonds is 4. The molecule has 7 heteroatoms. The molecule has 0 aliphatic carbocycles. The van der Waals surface area contributed by atoms with Crippen molar-refractivity contribution in [1.29, 1.82) is 0 Å². The quantitative estimate of drug-likeness (QED) is 0.686. The van der Waals surface area contributed by atoms with Crippen LogP contribution >= 0.6 is 22.6 Å². The van der Waals surface area contributed by atoms with E-state index in [9.17, 15) is 4.39 Å². The molecule has 1 aliphatic rings. The predicted molar refractivity (Wildman–Crippen MR) is 78.6 cm³/mol. The third-order valence-corrected chi connectivity index (χ3v) is 3.63. The Morgan fingerprint density at radius 2 is 2.53 bits per heavy atom. The first kappa shape index (κ1) is 14.9. The fraction of sp³-hybridized carbons (Fsp3) is 0.583. The maximum atomic E-state index is 14.0. The van der Waals surface area contributed by atoms with Gasteiger partial charge >= 0.3 is 0 Å². The second-order valence-corrected chi connectivity index (χ2v) is 5.65. The molecule has 1 saturated heterocycles. The molecule has 2 rings (SSSR count). The Balaban J connectivity index is 2.24. The summed E-state index contributed by atoms with van der Waals surface area (Å²) < 4.78 is 20.1. The molecule has 5 nitrogen and oxygen atoms in total. The lowest BCUT2D eigenvalue weighted by atomic mass is 10.2. The van der Waals surface area contributed by atoms with Crippen LogP contribution in [0.1, 0.15) is 18.7 Å². The number of aliphatic hydroxyl groups excluding tert-OH is 1. The van der Waals surface area contributed by atoms with E-state index in [1.54, 1.807) is 13.0 Å². The van der Waals surface area contributed by atoms with Crippen LogP contribution in [0.3, 0.4) is 0 Å². The average molecular weight is 381 g/mol. The molecule has 0 bridgehead atoms. The normalized spacial score (nSPS) is 21.2. The summed E-state index contributed by atoms with van der Waals surface area (Å²) in [4.78, 5) is 4.28. The predicted octanol–water partition coefficient (Wildman–Crippen LogP) is 1.28. The minimum atomic E-state index is -0.395. The van der Waals surface area contributed by atoms with Crippen LogP contribution in [0.4, 0.5) is 10.2 Å². The van der Waals surface area contributed by atoms with E-state index in [1.807, 2.05) is 22.6 Å². The van der Waals surface area contributed by atoms with Crippen molar-refractivity contribution < 1.29 is 14.2 Å². The monoisotopic (exact) mass is 381 g/mol. The van der Waals surface area contributed by atoms with Crippen molar-refractivity contribution in [1.82, 2.24) is 10.3 Å². The van der Waals surface area contributed by atoms with Gasteiger partial charge in [-0.15, -0.1) is 0 Å². The van der Waals surface area contributed by atoms with Crippen molar-refractivity contribution in [2.24, 2.45) is 0 Å². The number of nitrogens with zero attached hydrogens (tertiary/aromatic N) is 1. The number of ether oxygens (including phenoxy) is 1. The molecule has 19 heavy (non-hydrogen) atoms. The Labute approximate surface area is 125 Å². The fourth-order valence-electron chi connectivity index (χ4n) is 1.81. The Morgan fingerprint density at radius 3 is 3.16 bits per heavy atom. The number of nitrogens with one attached hydrogen (secondary N) is 2. The first-order valence-corrected chi connectivity index (χ1v) is 7.25. The molecule has 1 aliphatic heterocycles. The first-order chi connectivity index (χ1) is 9.11. The highest BCUT2D eigenvalue weighted by molar-refractivity contribution is 14.1. The molecule has 2 atom stereocenters. The van der Waals surface area contributed by atoms with Gasteiger partial charge in [-0.1, -0.05) is 0 Å². The van der Waals surface area contributed by atoms with Gasteiger partial charge in [0.25, 0.3) is 0 Å². The van der Waals surface area contributed by atoms with Gasteiger partial charge in [0.1, 0.15) is 6.10 Å². The average Bonchev–Trinajstić information content (AvgIpc) is 2.44. The summed E-state index contributed by atoms with van der Waals surface area (Å²) in [6, 6.07) is 1.45. The summed E-state index contributed by atoms with van der Waals surface area (Å²) >= 11 is 1.94. The zero-order valence-corrected chi connectivity index (χ0v) is 12.8. The van der Waals surface area contributed by atoms with Crippen molar-refractivity contribution >= 4 is 28.4 Å². The Kier molecular flexibility index (Phi) is 5.31. The smallest absolute Gasteiger partial charge is 0.178 e. The van der Waals surface area contributed by atoms with Gasteiger partial charge in [0.15, 0.2) is 11.6 Å². The fourth-order valence-corrected chi connectivity index (χ4v) is 2.39. The minimum absolute atomic E-state index is 0.0799. The molecule has 0 amide bonds. The standard InChI is InChI=1S/C12H17FIN3O2/c1-7(6-18)16-12-11(13)8(14)4-9(17-12)10-5-15-2-3-19-10/h4,7,10,15,18H,2-3,5-6H2,1H3,(H,16,17). The summed E-state index contributed by atoms with van der Waals surface area (Å²) in [5.41, 5.74) is 0.700. The molecular formula is C12H17FIN3O2. The molecule has 2 unspecified atom stereocenters. The van der Waals surface area contributed by atoms with Crippen LogP contribution in [0, 0.1) is 9.39 Å². The molecular weight excluding hydrogens is 364 g/mol. The minimum Gasteiger partial charge on any atom is -0.394 e. The molecule has 106 valence electrons. The number of hydrogen-bond acceptors (Lipinski definition) is 5. The van der Waals surface area contributed by atoms with E-state index in [-0.39, 0.29) is 24.6 Å². The van der Waals surface area contributed by atoms with Crippen LogP contribution in [-0.2, 0) is 4.74 Å². The molecule has 0 radical (unpaired) electrons. The van der Waals surface area contributed by atoms with Gasteiger partial charge < -0.3 is 20.5 Å². The summed E-state index contributed by atoms with van der Waals surface area (Å²) in [6.45, 7) is 3.80. The molecule has 2 heterocycles. The van der Waals surface area contributed by atoms with Gasteiger partial charge in [-0.05, 0) is 35.6 Å². The topological polar surface area (TPSA) is 66.4 Å². The third-order valence-electron chi connectivity index (χ3n) is 2.85. The number of morpholine rings is 1. The zero-order valence-electron chi connectivity index (χ0n) is 10.6. The third kappa shape index (κ3) is 3.74. The van der Waals surface area contributed by atoms with E-state index < -0.39 is 5.82 Å². The van der Waals surface area contributed by atoms with Crippen LogP contribution in [0.5, 0.6) is 0 Å². The van der Waals surface area contributed by atoms with Crippen molar-refractivity contribution in [2.45, 2.75) is 19.1 Å². The summed E-state index contributed by atoms with van der Waals surface area (Å²) in [6.07, 6.45) is -0.159. The van der Waals surface area contributed by atoms with Crippen LogP contribution in [0.25, 0.3) is 0 Å². The lowest BCUT2D eigenvalue weighted by Gasteiger charge is -2.24. The second-order valence-electron chi connectivity index (χ2n) is 4.48. The van der Waals surface area contributed by atoms with E-state index in [1.165, 1.54) is 0 Å². The Morgan fingerprint density at radius 1 is 1.74 bits per heavy atom. The number of aromatic nitrogens is 1. The van der Waals surface area contributed by atoms with Gasteiger partial charge in [-0.25, -0.2) is 9.37 Å². The molecule has 1 fully saturated rings. The van der Waals surface area contributed by atoms with E-state index in [0.717, 1.165) is 6.54 Å². The van der Waals surface area contributed by atoms with Gasteiger partial charge in [-0.3, -0.25) is 0 Å². The van der Waals surface area contributed by atoms with E-state index in [4.69, 9.17) is 9.84 Å². The van der Waals surface area contributed by atoms with Crippen LogP contribution in [-0.4, -0.2) is 42.4 Å². The molecule has 0 spiro atoms. The van der Waals surface area contributed by atoms with Crippen molar-refractivity contribution in [2.75, 3.05) is 31.6 Å². The van der Waals surface area contributed by atoms with Crippen molar-refractivity contribution in [3.63, 3.8) is 0 Å². The number of hydrogen-bond donors (Lipinski definition) is 3. The highest BCUT2D eigenvalue weighted by Gasteiger charge is 2.21. The lowest BCUT2D eigenvalue weighted by Crippen LogP contribution is -2.34. The van der Waals surface area contributed by atoms with Crippen LogP contribution in [0.15, 0.2) is 6.07 Å². The maximum absolute atomic E-state index is 14.0. The Bertz CT molecular complexity index is 441. The summed E-state index contributed by atoms with van der Waals surface area (Å²) in [7, 11) is 0. The summed E-state index contributed by atoms with van der Waals surface area (Å²) in [5.74, 6) is -0.231. The zero-order chi connectivity index (χ0) is 13.8. The SMILES string of the molecule is CC(CO)Nc1nc(C2CNCCO2)cc(I)c1F. The van der Waals surface area contributed by atoms with E-state index in [2.05, 4.69) is 15.6 Å². The Hall–Kier alpha value is -0.510. The van der Waals surface area contributed by atoms with Gasteiger partial charge in [-0.2, -0.15) is 0 Å². The van der Waals surface area contributed by atoms with E-state index >= 15 is 0 Å². The number of aliphatic hydroxyl groups is 1. The van der Waals surface area contributed by atoms with Gasteiger partial charge in [0, 0.05) is 19.1 Å². The highest BCUT2D eigenvalue weighted by Crippen LogP contribution is 2.25. The summed E-state index contributed by atoms with van der Waals surface area (Å²) in [5, 5.41) is 15.1. The van der Waals surface area contributed by atoms with Crippen molar-refractivity contribution in [3.8, 4) is 0 Å². The van der Waals surface area contributed by atoms with Crippen molar-refractivity contribution in [3.05, 3.63) is 21.1 Å². The number of pyridine rings is 1. The molecule has 0 aromatic carbocycles. The number of anilines is 1. The van der Waals surface area contributed by atoms with E-state index in [0.29, 0.717) is 22.4 Å². The molecule has 3 N–H and O–H groups in total. The maximum Gasteiger partial charge on any atom is 0.178 e. The van der Waals surface area contributed by atoms with Gasteiger partial charge in [0.05, 0.1) is 22.5 Å². The van der Waals surface area contributed by atoms with Crippen LogP contribution < -0.4 is 10.6 Å². The first-order valence-electron chi connectivity index (χ1n) is 6.17. The lowest BCUT2D eigenvalue weighted by molar-refractivity contribution is 0.0250. The van der Waals surface area contributed by atoms with Gasteiger partial charge in [0.2, 0.25) is 0 Å². The second kappa shape index (κ2) is 6.78. The molecule has 0 saturated carbocycles. The van der Waals surface area contributed by atoms with Crippen LogP contribution in [0.2, 0.25) is 0 Å². The number of halogens is 2. The largest absolute Gasteiger partial charge is 0.394 e. The molecule has 1 aromatic rings.